The van der Waals surface area contributed by atoms with Crippen molar-refractivity contribution in [1.29, 1.82) is 0 Å². The van der Waals surface area contributed by atoms with E-state index in [-0.39, 0.29) is 10.8 Å². The van der Waals surface area contributed by atoms with Gasteiger partial charge >= 0.3 is 0 Å². The first-order valence-electron chi connectivity index (χ1n) is 9.83. The molecule has 0 atom stereocenters. The lowest BCUT2D eigenvalue weighted by atomic mass is 10.2. The van der Waals surface area contributed by atoms with Crippen LogP contribution in [-0.4, -0.2) is 66.6 Å². The highest BCUT2D eigenvalue weighted by Gasteiger charge is 2.14. The van der Waals surface area contributed by atoms with Crippen LogP contribution in [0, 0.1) is 0 Å². The predicted molar refractivity (Wildman–Crippen MR) is 122 cm³/mol. The van der Waals surface area contributed by atoms with Crippen LogP contribution in [0.15, 0.2) is 40.5 Å². The molecule has 0 unspecified atom stereocenters. The van der Waals surface area contributed by atoms with Gasteiger partial charge in [0.2, 0.25) is 10.0 Å². The zero-order valence-electron chi connectivity index (χ0n) is 17.7. The normalized spacial score (nSPS) is 11.6. The summed E-state index contributed by atoms with van der Waals surface area (Å²) in [7, 11) is -2.17. The molecule has 2 aromatic heterocycles. The summed E-state index contributed by atoms with van der Waals surface area (Å²) >= 11 is 1.53. The van der Waals surface area contributed by atoms with E-state index in [1.165, 1.54) is 36.0 Å². The van der Waals surface area contributed by atoms with Crippen molar-refractivity contribution in [2.45, 2.75) is 23.5 Å². The van der Waals surface area contributed by atoms with Gasteiger partial charge in [-0.3, -0.25) is 4.79 Å². The highest BCUT2D eigenvalue weighted by molar-refractivity contribution is 7.99. The van der Waals surface area contributed by atoms with Gasteiger partial charge in [0.25, 0.3) is 5.91 Å². The number of hydrogen-bond acceptors (Lipinski definition) is 9. The lowest BCUT2D eigenvalue weighted by Gasteiger charge is -2.09. The van der Waals surface area contributed by atoms with Crippen molar-refractivity contribution in [3.63, 3.8) is 0 Å². The molecule has 32 heavy (non-hydrogen) atoms. The van der Waals surface area contributed by atoms with E-state index in [0.717, 1.165) is 11.1 Å². The SMILES string of the molecule is CCSc1nc(NCCOC)c2cnn(CCNC(=O)c3ccc(S(N)(=O)=O)cc3)c2n1. The van der Waals surface area contributed by atoms with E-state index >= 15 is 0 Å². The Bertz CT molecular complexity index is 1180. The van der Waals surface area contributed by atoms with Crippen LogP contribution in [0.1, 0.15) is 17.3 Å². The molecule has 0 saturated heterocycles. The smallest absolute Gasteiger partial charge is 0.251 e. The Kier molecular flexibility index (Phi) is 8.01. The van der Waals surface area contributed by atoms with E-state index in [9.17, 15) is 13.2 Å². The number of aromatic nitrogens is 4. The number of primary sulfonamides is 1. The summed E-state index contributed by atoms with van der Waals surface area (Å²) < 4.78 is 29.5. The molecule has 0 aliphatic rings. The van der Waals surface area contributed by atoms with Crippen molar-refractivity contribution in [2.24, 2.45) is 5.14 Å². The molecule has 0 bridgehead atoms. The molecule has 2 heterocycles. The number of anilines is 1. The fourth-order valence-corrected chi connectivity index (χ4v) is 3.95. The first-order chi connectivity index (χ1) is 15.3. The quantitative estimate of drug-likeness (QED) is 0.208. The van der Waals surface area contributed by atoms with E-state index < -0.39 is 10.0 Å². The first kappa shape index (κ1) is 23.9. The van der Waals surface area contributed by atoms with Crippen molar-refractivity contribution < 1.29 is 17.9 Å². The molecule has 4 N–H and O–H groups in total. The number of ether oxygens (including phenoxy) is 1. The molecule has 172 valence electrons. The van der Waals surface area contributed by atoms with Gasteiger partial charge in [-0.1, -0.05) is 18.7 Å². The van der Waals surface area contributed by atoms with Crippen LogP contribution < -0.4 is 15.8 Å². The monoisotopic (exact) mass is 479 g/mol. The molecule has 0 saturated carbocycles. The maximum Gasteiger partial charge on any atom is 0.251 e. The van der Waals surface area contributed by atoms with E-state index in [1.54, 1.807) is 18.0 Å². The summed E-state index contributed by atoms with van der Waals surface area (Å²) in [6.45, 7) is 3.87. The topological polar surface area (TPSA) is 154 Å². The molecular formula is C19H25N7O4S2. The van der Waals surface area contributed by atoms with E-state index in [4.69, 9.17) is 9.88 Å². The molecule has 0 radical (unpaired) electrons. The van der Waals surface area contributed by atoms with Crippen LogP contribution in [0.2, 0.25) is 0 Å². The standard InChI is InChI=1S/C19H25N7O4S2/c1-3-31-19-24-16(21-9-11-30-2)15-12-23-26(17(15)25-19)10-8-22-18(27)13-4-6-14(7-5-13)32(20,28)29/h4-7,12H,3,8-11H2,1-2H3,(H,22,27)(H2,20,28,29)(H,21,24,25). The van der Waals surface area contributed by atoms with Gasteiger partial charge in [0.15, 0.2) is 10.8 Å². The number of thioether (sulfide) groups is 1. The number of nitrogens with one attached hydrogen (secondary N) is 2. The first-order valence-corrected chi connectivity index (χ1v) is 12.4. The molecule has 0 aliphatic heterocycles. The minimum atomic E-state index is -3.80. The zero-order valence-corrected chi connectivity index (χ0v) is 19.4. The predicted octanol–water partition coefficient (Wildman–Crippen LogP) is 1.07. The molecule has 13 heteroatoms. The fraction of sp³-hybridized carbons (Fsp3) is 0.368. The number of fused-ring (bicyclic) bond motifs is 1. The van der Waals surface area contributed by atoms with E-state index in [0.29, 0.717) is 48.4 Å². The number of hydrogen-bond donors (Lipinski definition) is 3. The molecule has 0 aliphatic carbocycles. The second kappa shape index (κ2) is 10.7. The van der Waals surface area contributed by atoms with E-state index in [2.05, 4.69) is 25.7 Å². The minimum Gasteiger partial charge on any atom is -0.383 e. The summed E-state index contributed by atoms with van der Waals surface area (Å²) in [5.74, 6) is 1.19. The van der Waals surface area contributed by atoms with Crippen molar-refractivity contribution in [2.75, 3.05) is 37.9 Å². The minimum absolute atomic E-state index is 0.0487. The second-order valence-electron chi connectivity index (χ2n) is 6.64. The molecule has 3 aromatic rings. The van der Waals surface area contributed by atoms with Crippen molar-refractivity contribution in [1.82, 2.24) is 25.1 Å². The van der Waals surface area contributed by atoms with Crippen LogP contribution in [0.3, 0.4) is 0 Å². The van der Waals surface area contributed by atoms with Gasteiger partial charge < -0.3 is 15.4 Å². The molecular weight excluding hydrogens is 454 g/mol. The van der Waals surface area contributed by atoms with Gasteiger partial charge in [0.05, 0.1) is 29.6 Å². The highest BCUT2D eigenvalue weighted by Crippen LogP contribution is 2.24. The van der Waals surface area contributed by atoms with Gasteiger partial charge in [0, 0.05) is 25.8 Å². The third-order valence-electron chi connectivity index (χ3n) is 4.40. The number of nitrogens with two attached hydrogens (primary N) is 1. The largest absolute Gasteiger partial charge is 0.383 e. The summed E-state index contributed by atoms with van der Waals surface area (Å²) in [5, 5.41) is 16.9. The van der Waals surface area contributed by atoms with Crippen LogP contribution in [0.25, 0.3) is 11.0 Å². The van der Waals surface area contributed by atoms with Gasteiger partial charge in [0.1, 0.15) is 5.82 Å². The maximum absolute atomic E-state index is 12.4. The zero-order chi connectivity index (χ0) is 23.1. The van der Waals surface area contributed by atoms with Gasteiger partial charge in [-0.25, -0.2) is 28.2 Å². The Morgan fingerprint density at radius 1 is 1.22 bits per heavy atom. The van der Waals surface area contributed by atoms with E-state index in [1.807, 2.05) is 6.92 Å². The van der Waals surface area contributed by atoms with Gasteiger partial charge in [-0.15, -0.1) is 0 Å². The highest BCUT2D eigenvalue weighted by atomic mass is 32.2. The molecule has 3 rings (SSSR count). The van der Waals surface area contributed by atoms with Gasteiger partial charge in [-0.2, -0.15) is 5.10 Å². The van der Waals surface area contributed by atoms with Crippen LogP contribution >= 0.6 is 11.8 Å². The number of carbonyl (C=O) groups is 1. The maximum atomic E-state index is 12.4. The number of nitrogens with zero attached hydrogens (tertiary/aromatic N) is 4. The van der Waals surface area contributed by atoms with Gasteiger partial charge in [-0.05, 0) is 30.0 Å². The number of sulfonamides is 1. The summed E-state index contributed by atoms with van der Waals surface area (Å²) in [6.07, 6.45) is 1.69. The Morgan fingerprint density at radius 2 is 1.97 bits per heavy atom. The third kappa shape index (κ3) is 5.94. The Hall–Kier alpha value is -2.74. The van der Waals surface area contributed by atoms with Crippen LogP contribution in [-0.2, 0) is 21.3 Å². The molecule has 0 fully saturated rings. The molecule has 1 aromatic carbocycles. The van der Waals surface area contributed by atoms with Crippen molar-refractivity contribution in [3.05, 3.63) is 36.0 Å². The van der Waals surface area contributed by atoms with Crippen molar-refractivity contribution in [3.8, 4) is 0 Å². The number of carbonyl (C=O) groups excluding carboxylic acids is 1. The molecule has 11 nitrogen and oxygen atoms in total. The number of amides is 1. The van der Waals surface area contributed by atoms with Crippen LogP contribution in [0.4, 0.5) is 5.82 Å². The lowest BCUT2D eigenvalue weighted by molar-refractivity contribution is 0.0952. The second-order valence-corrected chi connectivity index (χ2v) is 9.43. The fourth-order valence-electron chi connectivity index (χ4n) is 2.87. The lowest BCUT2D eigenvalue weighted by Crippen LogP contribution is -2.27. The average molecular weight is 480 g/mol. The summed E-state index contributed by atoms with van der Waals surface area (Å²) in [6, 6.07) is 5.43. The summed E-state index contributed by atoms with van der Waals surface area (Å²) in [4.78, 5) is 21.5. The Labute approximate surface area is 190 Å². The Morgan fingerprint density at radius 3 is 2.62 bits per heavy atom. The summed E-state index contributed by atoms with van der Waals surface area (Å²) in [5.41, 5.74) is 0.999. The number of benzene rings is 1. The molecule has 0 spiro atoms. The average Bonchev–Trinajstić information content (AvgIpc) is 3.16. The number of rotatable bonds is 11. The molecule has 1 amide bonds. The third-order valence-corrected chi connectivity index (χ3v) is 6.06. The van der Waals surface area contributed by atoms with Crippen molar-refractivity contribution >= 4 is 44.5 Å². The van der Waals surface area contributed by atoms with Crippen LogP contribution in [0.5, 0.6) is 0 Å². The number of methoxy groups -OCH3 is 1. The Balaban J connectivity index is 1.69.